The number of anilines is 2. The molecule has 3 aromatic carbocycles. The molecule has 8 nitrogen and oxygen atoms in total. The number of fused-ring (bicyclic) bond motifs is 1. The number of halogens is 1. The highest BCUT2D eigenvalue weighted by molar-refractivity contribution is 7.92. The zero-order chi connectivity index (χ0) is 24.5. The van der Waals surface area contributed by atoms with Gasteiger partial charge in [0, 0.05) is 29.4 Å². The van der Waals surface area contributed by atoms with E-state index in [1.54, 1.807) is 36.4 Å². The number of rotatable bonds is 7. The molecule has 4 rings (SSSR count). The number of carbonyl (C=O) groups excluding carboxylic acids is 3. The van der Waals surface area contributed by atoms with Gasteiger partial charge in [0.15, 0.2) is 0 Å². The molecular weight excluding hydrogens is 478 g/mol. The van der Waals surface area contributed by atoms with Crippen molar-refractivity contribution in [3.05, 3.63) is 88.4 Å². The molecule has 0 aliphatic carbocycles. The van der Waals surface area contributed by atoms with Crippen LogP contribution < -0.4 is 10.0 Å². The van der Waals surface area contributed by atoms with Crippen LogP contribution >= 0.6 is 11.6 Å². The number of imide groups is 1. The third kappa shape index (κ3) is 4.95. The fourth-order valence-electron chi connectivity index (χ4n) is 3.52. The monoisotopic (exact) mass is 497 g/mol. The SMILES string of the molecule is Cc1ccc2c(c1)C(=O)N(CCC(=O)Nc1cccc(S(=O)(=O)Nc3ccc(Cl)cc3)c1)C2=O. The van der Waals surface area contributed by atoms with Gasteiger partial charge in [0.2, 0.25) is 5.91 Å². The Bertz CT molecular complexity index is 1400. The second-order valence-electron chi connectivity index (χ2n) is 7.75. The third-order valence-electron chi connectivity index (χ3n) is 5.21. The lowest BCUT2D eigenvalue weighted by molar-refractivity contribution is -0.116. The summed E-state index contributed by atoms with van der Waals surface area (Å²) in [5.41, 5.74) is 2.12. The summed E-state index contributed by atoms with van der Waals surface area (Å²) >= 11 is 5.82. The number of hydrogen-bond acceptors (Lipinski definition) is 5. The molecule has 0 fully saturated rings. The molecule has 0 atom stereocenters. The van der Waals surface area contributed by atoms with Gasteiger partial charge < -0.3 is 5.32 Å². The van der Waals surface area contributed by atoms with Gasteiger partial charge in [-0.15, -0.1) is 0 Å². The van der Waals surface area contributed by atoms with E-state index in [2.05, 4.69) is 10.0 Å². The van der Waals surface area contributed by atoms with Crippen LogP contribution in [0.5, 0.6) is 0 Å². The van der Waals surface area contributed by atoms with E-state index in [-0.39, 0.29) is 23.5 Å². The maximum Gasteiger partial charge on any atom is 0.261 e. The maximum absolute atomic E-state index is 12.7. The van der Waals surface area contributed by atoms with E-state index in [1.807, 2.05) is 6.92 Å². The van der Waals surface area contributed by atoms with Gasteiger partial charge >= 0.3 is 0 Å². The lowest BCUT2D eigenvalue weighted by Gasteiger charge is -2.14. The number of amides is 3. The van der Waals surface area contributed by atoms with Crippen molar-refractivity contribution >= 4 is 50.7 Å². The van der Waals surface area contributed by atoms with Crippen molar-refractivity contribution in [3.63, 3.8) is 0 Å². The van der Waals surface area contributed by atoms with Gasteiger partial charge in [-0.05, 0) is 61.5 Å². The van der Waals surface area contributed by atoms with Crippen molar-refractivity contribution in [2.24, 2.45) is 0 Å². The molecule has 3 aromatic rings. The summed E-state index contributed by atoms with van der Waals surface area (Å²) in [4.78, 5) is 38.5. The number of nitrogens with one attached hydrogen (secondary N) is 2. The summed E-state index contributed by atoms with van der Waals surface area (Å²) in [6.45, 7) is 1.74. The fourth-order valence-corrected chi connectivity index (χ4v) is 4.75. The van der Waals surface area contributed by atoms with Crippen molar-refractivity contribution in [1.82, 2.24) is 4.90 Å². The number of carbonyl (C=O) groups is 3. The van der Waals surface area contributed by atoms with Gasteiger partial charge in [-0.25, -0.2) is 8.42 Å². The van der Waals surface area contributed by atoms with E-state index in [4.69, 9.17) is 11.6 Å². The Labute approximate surface area is 201 Å². The van der Waals surface area contributed by atoms with Crippen molar-refractivity contribution in [3.8, 4) is 0 Å². The van der Waals surface area contributed by atoms with Crippen LogP contribution in [0.2, 0.25) is 5.02 Å². The molecule has 1 heterocycles. The molecule has 0 saturated carbocycles. The number of sulfonamides is 1. The van der Waals surface area contributed by atoms with E-state index in [0.29, 0.717) is 21.8 Å². The zero-order valence-corrected chi connectivity index (χ0v) is 19.6. The minimum atomic E-state index is -3.90. The first-order chi connectivity index (χ1) is 16.1. The molecule has 34 heavy (non-hydrogen) atoms. The van der Waals surface area contributed by atoms with Crippen LogP contribution in [0.3, 0.4) is 0 Å². The quantitative estimate of drug-likeness (QED) is 0.478. The van der Waals surface area contributed by atoms with Crippen LogP contribution in [0, 0.1) is 6.92 Å². The van der Waals surface area contributed by atoms with E-state index < -0.39 is 27.7 Å². The predicted octanol–water partition coefficient (Wildman–Crippen LogP) is 4.07. The maximum atomic E-state index is 12.7. The minimum absolute atomic E-state index is 0.0454. The van der Waals surface area contributed by atoms with Crippen molar-refractivity contribution in [2.75, 3.05) is 16.6 Å². The average Bonchev–Trinajstić information content (AvgIpc) is 3.03. The van der Waals surface area contributed by atoms with Crippen molar-refractivity contribution < 1.29 is 22.8 Å². The van der Waals surface area contributed by atoms with Crippen LogP contribution in [0.1, 0.15) is 32.7 Å². The van der Waals surface area contributed by atoms with Gasteiger partial charge in [0.1, 0.15) is 0 Å². The molecule has 0 radical (unpaired) electrons. The molecule has 1 aliphatic heterocycles. The second-order valence-corrected chi connectivity index (χ2v) is 9.87. The zero-order valence-electron chi connectivity index (χ0n) is 18.0. The summed E-state index contributed by atoms with van der Waals surface area (Å²) in [5, 5.41) is 3.09. The first kappa shape index (κ1) is 23.5. The molecule has 0 saturated heterocycles. The summed E-state index contributed by atoms with van der Waals surface area (Å²) < 4.78 is 27.8. The van der Waals surface area contributed by atoms with Crippen LogP contribution in [-0.4, -0.2) is 37.6 Å². The first-order valence-corrected chi connectivity index (χ1v) is 12.2. The normalized spacial score (nSPS) is 13.1. The number of benzene rings is 3. The third-order valence-corrected chi connectivity index (χ3v) is 6.84. The highest BCUT2D eigenvalue weighted by Gasteiger charge is 2.35. The molecule has 0 bridgehead atoms. The molecule has 1 aliphatic rings. The minimum Gasteiger partial charge on any atom is -0.326 e. The average molecular weight is 498 g/mol. The van der Waals surface area contributed by atoms with Gasteiger partial charge in [0.05, 0.1) is 16.0 Å². The van der Waals surface area contributed by atoms with E-state index in [9.17, 15) is 22.8 Å². The van der Waals surface area contributed by atoms with Crippen LogP contribution in [0.15, 0.2) is 71.6 Å². The molecule has 0 spiro atoms. The Morgan fingerprint density at radius 3 is 2.35 bits per heavy atom. The van der Waals surface area contributed by atoms with Gasteiger partial charge in [-0.2, -0.15) is 0 Å². The molecule has 10 heteroatoms. The van der Waals surface area contributed by atoms with E-state index in [0.717, 1.165) is 10.5 Å². The number of aryl methyl sites for hydroxylation is 1. The largest absolute Gasteiger partial charge is 0.326 e. The van der Waals surface area contributed by atoms with E-state index in [1.165, 1.54) is 30.3 Å². The summed E-state index contributed by atoms with van der Waals surface area (Å²) in [5.74, 6) is -1.33. The van der Waals surface area contributed by atoms with Crippen LogP contribution in [0.25, 0.3) is 0 Å². The number of hydrogen-bond donors (Lipinski definition) is 2. The lowest BCUT2D eigenvalue weighted by Crippen LogP contribution is -2.32. The van der Waals surface area contributed by atoms with Gasteiger partial charge in [-0.3, -0.25) is 24.0 Å². The highest BCUT2D eigenvalue weighted by atomic mass is 35.5. The van der Waals surface area contributed by atoms with E-state index >= 15 is 0 Å². The Hall–Kier alpha value is -3.69. The molecular formula is C24H20ClN3O5S. The predicted molar refractivity (Wildman–Crippen MR) is 128 cm³/mol. The molecule has 2 N–H and O–H groups in total. The lowest BCUT2D eigenvalue weighted by atomic mass is 10.1. The highest BCUT2D eigenvalue weighted by Crippen LogP contribution is 2.24. The Morgan fingerprint density at radius 2 is 1.62 bits per heavy atom. The fraction of sp³-hybridized carbons (Fsp3) is 0.125. The molecule has 174 valence electrons. The summed E-state index contributed by atoms with van der Waals surface area (Å²) in [6, 6.07) is 17.0. The van der Waals surface area contributed by atoms with Crippen molar-refractivity contribution in [2.45, 2.75) is 18.2 Å². The Balaban J connectivity index is 1.39. The van der Waals surface area contributed by atoms with Gasteiger partial charge in [-0.1, -0.05) is 29.3 Å². The summed E-state index contributed by atoms with van der Waals surface area (Å²) in [6.07, 6.45) is -0.134. The Kier molecular flexibility index (Phi) is 6.41. The topological polar surface area (TPSA) is 113 Å². The molecule has 0 aromatic heterocycles. The van der Waals surface area contributed by atoms with Gasteiger partial charge in [0.25, 0.3) is 21.8 Å². The van der Waals surface area contributed by atoms with Crippen molar-refractivity contribution in [1.29, 1.82) is 0 Å². The molecule has 3 amide bonds. The summed E-state index contributed by atoms with van der Waals surface area (Å²) in [7, 11) is -3.90. The standard InChI is InChI=1S/C24H20ClN3O5S/c1-15-5-10-20-21(13-15)24(31)28(23(20)30)12-11-22(29)26-18-3-2-4-19(14-18)34(32,33)27-17-8-6-16(25)7-9-17/h2-10,13-14,27H,11-12H2,1H3,(H,26,29). The smallest absolute Gasteiger partial charge is 0.261 e. The van der Waals surface area contributed by atoms with Crippen LogP contribution in [-0.2, 0) is 14.8 Å². The number of nitrogens with zero attached hydrogens (tertiary/aromatic N) is 1. The van der Waals surface area contributed by atoms with Crippen LogP contribution in [0.4, 0.5) is 11.4 Å². The second kappa shape index (κ2) is 9.28. The molecule has 0 unspecified atom stereocenters. The first-order valence-electron chi connectivity index (χ1n) is 10.3. The Morgan fingerprint density at radius 1 is 0.912 bits per heavy atom.